The van der Waals surface area contributed by atoms with E-state index in [1.54, 1.807) is 14.2 Å². The summed E-state index contributed by atoms with van der Waals surface area (Å²) in [6.07, 6.45) is 1.05. The Morgan fingerprint density at radius 2 is 1.57 bits per heavy atom. The molecule has 0 amide bonds. The highest BCUT2D eigenvalue weighted by Gasteiger charge is 2.06. The second-order valence-corrected chi connectivity index (χ2v) is 5.32. The molecule has 0 aliphatic carbocycles. The van der Waals surface area contributed by atoms with Crippen LogP contribution in [0.1, 0.15) is 5.56 Å². The molecule has 0 aliphatic rings. The fraction of sp³-hybridized carbons (Fsp3) is 0.333. The molecule has 2 rings (SSSR count). The molecule has 0 aromatic heterocycles. The highest BCUT2D eigenvalue weighted by Crippen LogP contribution is 2.32. The van der Waals surface area contributed by atoms with Crippen LogP contribution < -0.4 is 9.47 Å². The van der Waals surface area contributed by atoms with Crippen molar-refractivity contribution >= 4 is 0 Å². The molecule has 0 bridgehead atoms. The summed E-state index contributed by atoms with van der Waals surface area (Å²) in [4.78, 5) is 2.20. The first-order valence-electron chi connectivity index (χ1n) is 7.10. The number of benzene rings is 2. The predicted octanol–water partition coefficient (Wildman–Crippen LogP) is 3.47. The molecule has 3 heteroatoms. The van der Waals surface area contributed by atoms with Gasteiger partial charge >= 0.3 is 0 Å². The van der Waals surface area contributed by atoms with E-state index >= 15 is 0 Å². The zero-order valence-corrected chi connectivity index (χ0v) is 13.2. The standard InChI is InChI=1S/C18H23NO2/c1-19(2)11-10-14-6-5-7-15(12-14)16-8-9-17(20-3)18(13-16)21-4/h5-9,12-13H,10-11H2,1-4H3. The predicted molar refractivity (Wildman–Crippen MR) is 87.2 cm³/mol. The smallest absolute Gasteiger partial charge is 0.161 e. The molecule has 112 valence electrons. The third-order valence-electron chi connectivity index (χ3n) is 3.49. The van der Waals surface area contributed by atoms with Crippen LogP contribution in [-0.2, 0) is 6.42 Å². The maximum absolute atomic E-state index is 5.38. The van der Waals surface area contributed by atoms with E-state index in [4.69, 9.17) is 9.47 Å². The molecule has 0 unspecified atom stereocenters. The lowest BCUT2D eigenvalue weighted by Gasteiger charge is -2.12. The van der Waals surface area contributed by atoms with Crippen LogP contribution >= 0.6 is 0 Å². The average molecular weight is 285 g/mol. The molecule has 0 atom stereocenters. The van der Waals surface area contributed by atoms with Gasteiger partial charge in [0.15, 0.2) is 11.5 Å². The summed E-state index contributed by atoms with van der Waals surface area (Å²) in [7, 11) is 7.50. The van der Waals surface area contributed by atoms with E-state index in [-0.39, 0.29) is 0 Å². The third-order valence-corrected chi connectivity index (χ3v) is 3.49. The molecule has 0 heterocycles. The molecule has 0 saturated carbocycles. The van der Waals surface area contributed by atoms with Crippen molar-refractivity contribution in [1.82, 2.24) is 4.90 Å². The number of nitrogens with zero attached hydrogens (tertiary/aromatic N) is 1. The van der Waals surface area contributed by atoms with Crippen molar-refractivity contribution in [2.75, 3.05) is 34.9 Å². The Kier molecular flexibility index (Phi) is 5.23. The highest BCUT2D eigenvalue weighted by atomic mass is 16.5. The Morgan fingerprint density at radius 3 is 2.24 bits per heavy atom. The number of ether oxygens (including phenoxy) is 2. The van der Waals surface area contributed by atoms with Gasteiger partial charge in [-0.2, -0.15) is 0 Å². The van der Waals surface area contributed by atoms with Crippen LogP contribution in [0.2, 0.25) is 0 Å². The van der Waals surface area contributed by atoms with Crippen LogP contribution in [0.3, 0.4) is 0 Å². The fourth-order valence-corrected chi connectivity index (χ4v) is 2.27. The van der Waals surface area contributed by atoms with Gasteiger partial charge in [-0.25, -0.2) is 0 Å². The van der Waals surface area contributed by atoms with E-state index in [1.807, 2.05) is 12.1 Å². The largest absolute Gasteiger partial charge is 0.493 e. The summed E-state index contributed by atoms with van der Waals surface area (Å²) in [5.74, 6) is 1.51. The first-order chi connectivity index (χ1) is 10.1. The van der Waals surface area contributed by atoms with Crippen LogP contribution in [-0.4, -0.2) is 39.8 Å². The topological polar surface area (TPSA) is 21.7 Å². The maximum Gasteiger partial charge on any atom is 0.161 e. The van der Waals surface area contributed by atoms with Crippen LogP contribution in [0.25, 0.3) is 11.1 Å². The number of hydrogen-bond donors (Lipinski definition) is 0. The van der Waals surface area contributed by atoms with E-state index in [2.05, 4.69) is 49.3 Å². The van der Waals surface area contributed by atoms with Gasteiger partial charge in [-0.1, -0.05) is 30.3 Å². The molecule has 0 radical (unpaired) electrons. The summed E-state index contributed by atoms with van der Waals surface area (Å²) in [5.41, 5.74) is 3.68. The summed E-state index contributed by atoms with van der Waals surface area (Å²) in [6, 6.07) is 14.7. The molecule has 2 aromatic rings. The van der Waals surface area contributed by atoms with Gasteiger partial charge in [0.1, 0.15) is 0 Å². The van der Waals surface area contributed by atoms with E-state index in [1.165, 1.54) is 11.1 Å². The lowest BCUT2D eigenvalue weighted by molar-refractivity contribution is 0.355. The molecule has 2 aromatic carbocycles. The van der Waals surface area contributed by atoms with Crippen molar-refractivity contribution in [3.63, 3.8) is 0 Å². The summed E-state index contributed by atoms with van der Waals surface area (Å²) in [5, 5.41) is 0. The highest BCUT2D eigenvalue weighted by molar-refractivity contribution is 5.67. The SMILES string of the molecule is COc1ccc(-c2cccc(CCN(C)C)c2)cc1OC. The number of methoxy groups -OCH3 is 2. The molecule has 0 aliphatic heterocycles. The van der Waals surface area contributed by atoms with Gasteiger partial charge in [0, 0.05) is 6.54 Å². The van der Waals surface area contributed by atoms with E-state index < -0.39 is 0 Å². The van der Waals surface area contributed by atoms with Crippen molar-refractivity contribution in [2.45, 2.75) is 6.42 Å². The Morgan fingerprint density at radius 1 is 0.857 bits per heavy atom. The number of likely N-dealkylation sites (N-methyl/N-ethyl adjacent to an activating group) is 1. The Labute approximate surface area is 127 Å². The molecule has 0 spiro atoms. The van der Waals surface area contributed by atoms with Crippen molar-refractivity contribution in [3.05, 3.63) is 48.0 Å². The minimum Gasteiger partial charge on any atom is -0.493 e. The van der Waals surface area contributed by atoms with Gasteiger partial charge in [0.25, 0.3) is 0 Å². The average Bonchev–Trinajstić information content (AvgIpc) is 2.52. The lowest BCUT2D eigenvalue weighted by atomic mass is 10.0. The van der Waals surface area contributed by atoms with Crippen molar-refractivity contribution in [1.29, 1.82) is 0 Å². The monoisotopic (exact) mass is 285 g/mol. The summed E-state index contributed by atoms with van der Waals surface area (Å²) in [6.45, 7) is 1.05. The van der Waals surface area contributed by atoms with Crippen LogP contribution in [0.5, 0.6) is 11.5 Å². The zero-order chi connectivity index (χ0) is 15.2. The normalized spacial score (nSPS) is 10.7. The summed E-state index contributed by atoms with van der Waals surface area (Å²) >= 11 is 0. The van der Waals surface area contributed by atoms with Crippen molar-refractivity contribution in [3.8, 4) is 22.6 Å². The minimum atomic E-state index is 0.755. The Balaban J connectivity index is 2.27. The second kappa shape index (κ2) is 7.14. The van der Waals surface area contributed by atoms with E-state index in [0.29, 0.717) is 0 Å². The van der Waals surface area contributed by atoms with Gasteiger partial charge in [-0.05, 0) is 49.3 Å². The first-order valence-corrected chi connectivity index (χ1v) is 7.10. The maximum atomic E-state index is 5.38. The second-order valence-electron chi connectivity index (χ2n) is 5.32. The molecule has 3 nitrogen and oxygen atoms in total. The van der Waals surface area contributed by atoms with E-state index in [9.17, 15) is 0 Å². The fourth-order valence-electron chi connectivity index (χ4n) is 2.27. The lowest BCUT2D eigenvalue weighted by Crippen LogP contribution is -2.14. The van der Waals surface area contributed by atoms with Gasteiger partial charge in [0.05, 0.1) is 14.2 Å². The van der Waals surface area contributed by atoms with Gasteiger partial charge in [-0.3, -0.25) is 0 Å². The minimum absolute atomic E-state index is 0.755. The third kappa shape index (κ3) is 3.99. The van der Waals surface area contributed by atoms with Gasteiger partial charge in [0.2, 0.25) is 0 Å². The Bertz CT molecular complexity index is 594. The van der Waals surface area contributed by atoms with E-state index in [0.717, 1.165) is 30.0 Å². The van der Waals surface area contributed by atoms with Gasteiger partial charge in [-0.15, -0.1) is 0 Å². The summed E-state index contributed by atoms with van der Waals surface area (Å²) < 4.78 is 10.7. The van der Waals surface area contributed by atoms with Crippen molar-refractivity contribution < 1.29 is 9.47 Å². The van der Waals surface area contributed by atoms with Crippen LogP contribution in [0, 0.1) is 0 Å². The van der Waals surface area contributed by atoms with Gasteiger partial charge < -0.3 is 14.4 Å². The molecule has 0 saturated heterocycles. The molecule has 0 fully saturated rings. The molecular formula is C18H23NO2. The molecular weight excluding hydrogens is 262 g/mol. The van der Waals surface area contributed by atoms with Crippen molar-refractivity contribution in [2.24, 2.45) is 0 Å². The number of hydrogen-bond acceptors (Lipinski definition) is 3. The molecule has 21 heavy (non-hydrogen) atoms. The Hall–Kier alpha value is -2.00. The van der Waals surface area contributed by atoms with Crippen LogP contribution in [0.15, 0.2) is 42.5 Å². The zero-order valence-electron chi connectivity index (χ0n) is 13.2. The first kappa shape index (κ1) is 15.4. The quantitative estimate of drug-likeness (QED) is 0.811. The molecule has 0 N–H and O–H groups in total. The van der Waals surface area contributed by atoms with Crippen LogP contribution in [0.4, 0.5) is 0 Å². The number of rotatable bonds is 6.